The number of hydrogen-bond acceptors (Lipinski definition) is 4. The molecule has 0 spiro atoms. The smallest absolute Gasteiger partial charge is 0.317 e. The minimum Gasteiger partial charge on any atom is -0.480 e. The highest BCUT2D eigenvalue weighted by atomic mass is 79.9. The van der Waals surface area contributed by atoms with Gasteiger partial charge in [0.25, 0.3) is 0 Å². The maximum absolute atomic E-state index is 13.5. The summed E-state index contributed by atoms with van der Waals surface area (Å²) in [5.41, 5.74) is 0.612. The van der Waals surface area contributed by atoms with E-state index < -0.39 is 21.6 Å². The normalized spacial score (nSPS) is 20.8. The Balaban J connectivity index is 2.16. The zero-order valence-electron chi connectivity index (χ0n) is 11.1. The van der Waals surface area contributed by atoms with Gasteiger partial charge < -0.3 is 5.11 Å². The molecule has 1 aromatic carbocycles. The van der Waals surface area contributed by atoms with E-state index in [0.717, 1.165) is 0 Å². The zero-order valence-corrected chi connectivity index (χ0v) is 13.5. The summed E-state index contributed by atoms with van der Waals surface area (Å²) in [4.78, 5) is 12.5. The molecule has 5 nitrogen and oxygen atoms in total. The Morgan fingerprint density at radius 1 is 1.48 bits per heavy atom. The molecule has 2 rings (SSSR count). The lowest BCUT2D eigenvalue weighted by Gasteiger charge is -2.26. The van der Waals surface area contributed by atoms with Gasteiger partial charge >= 0.3 is 5.97 Å². The van der Waals surface area contributed by atoms with E-state index in [1.54, 1.807) is 17.0 Å². The number of sulfone groups is 1. The van der Waals surface area contributed by atoms with Crippen LogP contribution in [0, 0.1) is 5.82 Å². The Labute approximate surface area is 130 Å². The number of carboxylic acid groups (broad SMARTS) is 1. The molecule has 0 bridgehead atoms. The molecular formula is C13H15BrFNO4S. The van der Waals surface area contributed by atoms with Gasteiger partial charge in [0.2, 0.25) is 0 Å². The van der Waals surface area contributed by atoms with E-state index in [1.165, 1.54) is 6.07 Å². The first kappa shape index (κ1) is 16.4. The SMILES string of the molecule is O=C(O)CN(Cc1ccc(Br)c(F)c1)C1CCS(=O)(=O)C1. The molecular weight excluding hydrogens is 365 g/mol. The quantitative estimate of drug-likeness (QED) is 0.841. The van der Waals surface area contributed by atoms with E-state index >= 15 is 0 Å². The number of benzene rings is 1. The second-order valence-electron chi connectivity index (χ2n) is 5.10. The third kappa shape index (κ3) is 4.49. The Kier molecular flexibility index (Phi) is 5.00. The monoisotopic (exact) mass is 379 g/mol. The average Bonchev–Trinajstić information content (AvgIpc) is 2.73. The summed E-state index contributed by atoms with van der Waals surface area (Å²) in [6, 6.07) is 4.22. The molecule has 8 heteroatoms. The second kappa shape index (κ2) is 6.41. The van der Waals surface area contributed by atoms with Gasteiger partial charge in [-0.2, -0.15) is 0 Å². The fraction of sp³-hybridized carbons (Fsp3) is 0.462. The fourth-order valence-electron chi connectivity index (χ4n) is 2.42. The van der Waals surface area contributed by atoms with Crippen molar-refractivity contribution < 1.29 is 22.7 Å². The molecule has 1 aliphatic rings. The first-order valence-electron chi connectivity index (χ1n) is 6.37. The van der Waals surface area contributed by atoms with E-state index in [2.05, 4.69) is 15.9 Å². The standard InChI is InChI=1S/C13H15BrFNO4S/c14-11-2-1-9(5-12(11)15)6-16(7-13(17)18)10-3-4-21(19,20)8-10/h1-2,5,10H,3-4,6-8H2,(H,17,18). The Morgan fingerprint density at radius 2 is 2.19 bits per heavy atom. The highest BCUT2D eigenvalue weighted by Crippen LogP contribution is 2.22. The Bertz CT molecular complexity index is 650. The summed E-state index contributed by atoms with van der Waals surface area (Å²) in [6.45, 7) is -0.0610. The molecule has 1 atom stereocenters. The van der Waals surface area contributed by atoms with Crippen molar-refractivity contribution in [2.24, 2.45) is 0 Å². The Hall–Kier alpha value is -0.990. The van der Waals surface area contributed by atoms with Gasteiger partial charge in [-0.1, -0.05) is 6.07 Å². The number of carboxylic acids is 1. The van der Waals surface area contributed by atoms with Crippen molar-refractivity contribution in [3.05, 3.63) is 34.1 Å². The molecule has 1 aromatic rings. The van der Waals surface area contributed by atoms with Crippen LogP contribution >= 0.6 is 15.9 Å². The molecule has 1 N–H and O–H groups in total. The van der Waals surface area contributed by atoms with E-state index in [9.17, 15) is 17.6 Å². The predicted molar refractivity (Wildman–Crippen MR) is 79.2 cm³/mol. The van der Waals surface area contributed by atoms with E-state index in [1.807, 2.05) is 0 Å². The summed E-state index contributed by atoms with van der Waals surface area (Å²) in [7, 11) is -3.10. The summed E-state index contributed by atoms with van der Waals surface area (Å²) < 4.78 is 36.9. The highest BCUT2D eigenvalue weighted by Gasteiger charge is 2.33. The number of halogens is 2. The molecule has 1 heterocycles. The molecule has 0 saturated carbocycles. The number of nitrogens with zero attached hydrogens (tertiary/aromatic N) is 1. The lowest BCUT2D eigenvalue weighted by atomic mass is 10.1. The molecule has 0 radical (unpaired) electrons. The first-order valence-corrected chi connectivity index (χ1v) is 8.98. The van der Waals surface area contributed by atoms with Crippen LogP contribution in [0.3, 0.4) is 0 Å². The molecule has 1 fully saturated rings. The lowest BCUT2D eigenvalue weighted by Crippen LogP contribution is -2.39. The van der Waals surface area contributed by atoms with Gasteiger partial charge in [0.1, 0.15) is 5.82 Å². The largest absolute Gasteiger partial charge is 0.480 e. The van der Waals surface area contributed by atoms with E-state index in [-0.39, 0.29) is 30.6 Å². The third-order valence-electron chi connectivity index (χ3n) is 3.43. The summed E-state index contributed by atoms with van der Waals surface area (Å²) in [5, 5.41) is 8.98. The predicted octanol–water partition coefficient (Wildman–Crippen LogP) is 1.66. The molecule has 116 valence electrons. The van der Waals surface area contributed by atoms with Crippen molar-refractivity contribution in [2.75, 3.05) is 18.1 Å². The van der Waals surface area contributed by atoms with Crippen molar-refractivity contribution in [3.8, 4) is 0 Å². The van der Waals surface area contributed by atoms with Crippen LogP contribution in [0.4, 0.5) is 4.39 Å². The average molecular weight is 380 g/mol. The first-order chi connectivity index (χ1) is 9.77. The summed E-state index contributed by atoms with van der Waals surface area (Å²) in [6.07, 6.45) is 0.411. The number of hydrogen-bond donors (Lipinski definition) is 1. The molecule has 0 amide bonds. The van der Waals surface area contributed by atoms with Crippen LogP contribution in [0.5, 0.6) is 0 Å². The molecule has 0 aromatic heterocycles. The summed E-state index contributed by atoms with van der Waals surface area (Å²) in [5.74, 6) is -1.43. The van der Waals surface area contributed by atoms with Gasteiger partial charge in [-0.3, -0.25) is 9.69 Å². The van der Waals surface area contributed by atoms with Crippen LogP contribution in [-0.2, 0) is 21.2 Å². The van der Waals surface area contributed by atoms with Crippen LogP contribution in [0.15, 0.2) is 22.7 Å². The van der Waals surface area contributed by atoms with E-state index in [0.29, 0.717) is 16.5 Å². The van der Waals surface area contributed by atoms with Gasteiger partial charge in [0.05, 0.1) is 22.5 Å². The number of carbonyl (C=O) groups is 1. The molecule has 0 aliphatic carbocycles. The number of rotatable bonds is 5. The minimum absolute atomic E-state index is 0.0424. The van der Waals surface area contributed by atoms with Gasteiger partial charge in [-0.25, -0.2) is 12.8 Å². The zero-order chi connectivity index (χ0) is 15.6. The minimum atomic E-state index is -3.10. The maximum atomic E-state index is 13.5. The van der Waals surface area contributed by atoms with Crippen molar-refractivity contribution in [1.82, 2.24) is 4.90 Å². The van der Waals surface area contributed by atoms with Crippen molar-refractivity contribution in [3.63, 3.8) is 0 Å². The molecule has 1 aliphatic heterocycles. The maximum Gasteiger partial charge on any atom is 0.317 e. The van der Waals surface area contributed by atoms with Crippen LogP contribution in [0.1, 0.15) is 12.0 Å². The van der Waals surface area contributed by atoms with Crippen LogP contribution in [-0.4, -0.2) is 48.5 Å². The molecule has 21 heavy (non-hydrogen) atoms. The van der Waals surface area contributed by atoms with Gasteiger partial charge in [-0.05, 0) is 40.0 Å². The summed E-state index contributed by atoms with van der Waals surface area (Å²) >= 11 is 3.06. The van der Waals surface area contributed by atoms with Crippen molar-refractivity contribution >= 4 is 31.7 Å². The van der Waals surface area contributed by atoms with Crippen molar-refractivity contribution in [2.45, 2.75) is 19.0 Å². The van der Waals surface area contributed by atoms with Gasteiger partial charge in [-0.15, -0.1) is 0 Å². The van der Waals surface area contributed by atoms with Crippen molar-refractivity contribution in [1.29, 1.82) is 0 Å². The molecule has 1 unspecified atom stereocenters. The van der Waals surface area contributed by atoms with Gasteiger partial charge in [0, 0.05) is 12.6 Å². The molecule has 1 saturated heterocycles. The van der Waals surface area contributed by atoms with Crippen LogP contribution in [0.2, 0.25) is 0 Å². The van der Waals surface area contributed by atoms with Crippen LogP contribution in [0.25, 0.3) is 0 Å². The van der Waals surface area contributed by atoms with Crippen LogP contribution < -0.4 is 0 Å². The highest BCUT2D eigenvalue weighted by molar-refractivity contribution is 9.10. The topological polar surface area (TPSA) is 74.7 Å². The lowest BCUT2D eigenvalue weighted by molar-refractivity contribution is -0.139. The number of aliphatic carboxylic acids is 1. The third-order valence-corrected chi connectivity index (χ3v) is 5.83. The van der Waals surface area contributed by atoms with E-state index in [4.69, 9.17) is 5.11 Å². The second-order valence-corrected chi connectivity index (χ2v) is 8.19. The Morgan fingerprint density at radius 3 is 2.71 bits per heavy atom. The fourth-order valence-corrected chi connectivity index (χ4v) is 4.43. The van der Waals surface area contributed by atoms with Gasteiger partial charge in [0.15, 0.2) is 9.84 Å².